The molecule has 0 saturated carbocycles. The first-order chi connectivity index (χ1) is 13.7. The minimum atomic E-state index is 0.979. The van der Waals surface area contributed by atoms with E-state index in [9.17, 15) is 0 Å². The van der Waals surface area contributed by atoms with E-state index in [0.29, 0.717) is 0 Å². The molecule has 2 heterocycles. The number of fused-ring (bicyclic) bond motifs is 3. The number of hydrogen-bond donors (Lipinski definition) is 0. The van der Waals surface area contributed by atoms with Crippen LogP contribution in [0.3, 0.4) is 0 Å². The lowest BCUT2D eigenvalue weighted by atomic mass is 10.0. The molecule has 0 fully saturated rings. The van der Waals surface area contributed by atoms with E-state index in [1.54, 1.807) is 0 Å². The third-order valence-electron chi connectivity index (χ3n) is 5.25. The van der Waals surface area contributed by atoms with Gasteiger partial charge in [-0.15, -0.1) is 0 Å². The summed E-state index contributed by atoms with van der Waals surface area (Å²) in [5.41, 5.74) is 5.52. The average Bonchev–Trinajstić information content (AvgIpc) is 2.74. The molecule has 0 unspecified atom stereocenters. The summed E-state index contributed by atoms with van der Waals surface area (Å²) < 4.78 is 2.11. The van der Waals surface area contributed by atoms with Gasteiger partial charge in [0.25, 0.3) is 0 Å². The zero-order valence-corrected chi connectivity index (χ0v) is 15.9. The molecule has 3 heteroatoms. The van der Waals surface area contributed by atoms with Gasteiger partial charge in [-0.05, 0) is 59.3 Å². The highest BCUT2D eigenvalue weighted by molar-refractivity contribution is 6.06. The monoisotopic (exact) mass is 362 g/mol. The Morgan fingerprint density at radius 1 is 0.821 bits per heavy atom. The van der Waals surface area contributed by atoms with Crippen molar-refractivity contribution in [3.8, 4) is 22.6 Å². The number of rotatable bonds is 2. The molecule has 0 amide bonds. The molecule has 0 aliphatic rings. The number of aryl methyl sites for hydroxylation is 2. The van der Waals surface area contributed by atoms with Crippen LogP contribution >= 0.6 is 0 Å². The quantitative estimate of drug-likeness (QED) is 0.317. The van der Waals surface area contributed by atoms with Crippen molar-refractivity contribution < 1.29 is 4.57 Å². The van der Waals surface area contributed by atoms with Crippen LogP contribution < -0.4 is 4.57 Å². The molecule has 0 saturated heterocycles. The van der Waals surface area contributed by atoms with Crippen molar-refractivity contribution in [3.63, 3.8) is 0 Å². The molecule has 0 bridgehead atoms. The summed E-state index contributed by atoms with van der Waals surface area (Å²) >= 11 is 0. The lowest BCUT2D eigenvalue weighted by Gasteiger charge is -2.07. The van der Waals surface area contributed by atoms with E-state index in [-0.39, 0.29) is 0 Å². The first kappa shape index (κ1) is 16.6. The van der Waals surface area contributed by atoms with Gasteiger partial charge < -0.3 is 0 Å². The minimum Gasteiger partial charge on any atom is -0.256 e. The average molecular weight is 362 g/mol. The van der Waals surface area contributed by atoms with Gasteiger partial charge in [-0.3, -0.25) is 4.98 Å². The van der Waals surface area contributed by atoms with Crippen LogP contribution in [0.2, 0.25) is 0 Å². The number of aromatic nitrogens is 3. The molecule has 0 radical (unpaired) electrons. The van der Waals surface area contributed by atoms with Gasteiger partial charge in [0.2, 0.25) is 0 Å². The summed E-state index contributed by atoms with van der Waals surface area (Å²) in [4.78, 5) is 9.56. The molecule has 0 spiro atoms. The largest absolute Gasteiger partial charge is 0.331 e. The molecular weight excluding hydrogens is 342 g/mol. The fourth-order valence-corrected chi connectivity index (χ4v) is 3.78. The van der Waals surface area contributed by atoms with Crippen molar-refractivity contribution in [2.24, 2.45) is 7.05 Å². The summed E-state index contributed by atoms with van der Waals surface area (Å²) in [5, 5.41) is 3.47. The molecule has 3 aromatic carbocycles. The molecule has 5 rings (SSSR count). The second-order valence-electron chi connectivity index (χ2n) is 7.14. The predicted octanol–water partition coefficient (Wildman–Crippen LogP) is 5.25. The Balaban J connectivity index is 1.75. The van der Waals surface area contributed by atoms with Gasteiger partial charge in [0.1, 0.15) is 6.20 Å². The number of pyridine rings is 1. The van der Waals surface area contributed by atoms with Gasteiger partial charge in [-0.25, -0.2) is 4.57 Å². The maximum absolute atomic E-state index is 5.08. The maximum atomic E-state index is 5.08. The van der Waals surface area contributed by atoms with Gasteiger partial charge in [0.15, 0.2) is 5.52 Å². The molecule has 0 aliphatic carbocycles. The highest BCUT2D eigenvalue weighted by Gasteiger charge is 2.18. The predicted molar refractivity (Wildman–Crippen MR) is 114 cm³/mol. The van der Waals surface area contributed by atoms with Crippen molar-refractivity contribution in [3.05, 3.63) is 90.8 Å². The van der Waals surface area contributed by atoms with Crippen LogP contribution in [0.5, 0.6) is 0 Å². The van der Waals surface area contributed by atoms with Crippen LogP contribution in [0.15, 0.2) is 85.2 Å². The van der Waals surface area contributed by atoms with E-state index in [0.717, 1.165) is 38.9 Å². The standard InChI is InChI=1S/C25H20N3/c1-17-7-3-4-8-21(17)25-27-24-20(16-28(25)2)11-10-18-15-19(12-13-22(18)24)23-9-5-6-14-26-23/h3-16H,1-2H3/q+1. The molecule has 2 aromatic heterocycles. The molecule has 0 aliphatic heterocycles. The van der Waals surface area contributed by atoms with Crippen molar-refractivity contribution in [1.82, 2.24) is 9.97 Å². The number of hydrogen-bond acceptors (Lipinski definition) is 2. The minimum absolute atomic E-state index is 0.979. The van der Waals surface area contributed by atoms with Crippen molar-refractivity contribution >= 4 is 21.7 Å². The Bertz CT molecular complexity index is 1320. The van der Waals surface area contributed by atoms with Crippen molar-refractivity contribution in [2.75, 3.05) is 0 Å². The molecule has 3 nitrogen and oxygen atoms in total. The lowest BCUT2D eigenvalue weighted by Crippen LogP contribution is -2.32. The Labute approximate surface area is 164 Å². The van der Waals surface area contributed by atoms with Crippen LogP contribution in [-0.4, -0.2) is 9.97 Å². The highest BCUT2D eigenvalue weighted by Crippen LogP contribution is 2.29. The van der Waals surface area contributed by atoms with E-state index in [2.05, 4.69) is 84.3 Å². The Morgan fingerprint density at radius 3 is 2.46 bits per heavy atom. The first-order valence-electron chi connectivity index (χ1n) is 9.41. The maximum Gasteiger partial charge on any atom is 0.331 e. The van der Waals surface area contributed by atoms with E-state index in [1.807, 2.05) is 24.4 Å². The summed E-state index contributed by atoms with van der Waals surface area (Å²) in [6, 6.07) is 25.2. The van der Waals surface area contributed by atoms with Gasteiger partial charge in [0, 0.05) is 17.1 Å². The third-order valence-corrected chi connectivity index (χ3v) is 5.25. The Kier molecular flexibility index (Phi) is 3.87. The molecule has 0 atom stereocenters. The van der Waals surface area contributed by atoms with E-state index >= 15 is 0 Å². The van der Waals surface area contributed by atoms with Crippen LogP contribution in [-0.2, 0) is 7.05 Å². The van der Waals surface area contributed by atoms with Crippen LogP contribution in [0.1, 0.15) is 5.56 Å². The van der Waals surface area contributed by atoms with E-state index in [4.69, 9.17) is 4.98 Å². The zero-order valence-electron chi connectivity index (χ0n) is 15.9. The molecule has 28 heavy (non-hydrogen) atoms. The van der Waals surface area contributed by atoms with Crippen LogP contribution in [0.25, 0.3) is 44.3 Å². The third kappa shape index (κ3) is 2.72. The van der Waals surface area contributed by atoms with Crippen molar-refractivity contribution in [1.29, 1.82) is 0 Å². The fraction of sp³-hybridized carbons (Fsp3) is 0.0800. The SMILES string of the molecule is Cc1ccccc1-c1nc2c(ccc3cc(-c4ccccn4)ccc32)c[n+]1C. The summed E-state index contributed by atoms with van der Waals surface area (Å²) in [6.45, 7) is 2.13. The molecule has 0 N–H and O–H groups in total. The van der Waals surface area contributed by atoms with Crippen LogP contribution in [0.4, 0.5) is 0 Å². The van der Waals surface area contributed by atoms with Gasteiger partial charge >= 0.3 is 5.82 Å². The first-order valence-corrected chi connectivity index (χ1v) is 9.41. The topological polar surface area (TPSA) is 29.7 Å². The lowest BCUT2D eigenvalue weighted by molar-refractivity contribution is -0.661. The molecule has 134 valence electrons. The van der Waals surface area contributed by atoms with E-state index in [1.165, 1.54) is 10.9 Å². The van der Waals surface area contributed by atoms with Gasteiger partial charge in [0.05, 0.1) is 23.7 Å². The zero-order chi connectivity index (χ0) is 19.1. The summed E-state index contributed by atoms with van der Waals surface area (Å²) in [7, 11) is 2.06. The van der Waals surface area contributed by atoms with Crippen LogP contribution in [0, 0.1) is 6.92 Å². The number of benzene rings is 3. The Morgan fingerprint density at radius 2 is 1.64 bits per heavy atom. The van der Waals surface area contributed by atoms with Gasteiger partial charge in [-0.2, -0.15) is 0 Å². The van der Waals surface area contributed by atoms with Crippen molar-refractivity contribution in [2.45, 2.75) is 6.92 Å². The summed E-state index contributed by atoms with van der Waals surface area (Å²) in [6.07, 6.45) is 3.99. The Hall–Kier alpha value is -3.59. The molecule has 5 aromatic rings. The van der Waals surface area contributed by atoms with E-state index < -0.39 is 0 Å². The smallest absolute Gasteiger partial charge is 0.256 e. The van der Waals surface area contributed by atoms with Gasteiger partial charge in [-0.1, -0.05) is 36.4 Å². The highest BCUT2D eigenvalue weighted by atomic mass is 15.0. The fourth-order valence-electron chi connectivity index (χ4n) is 3.78. The summed E-state index contributed by atoms with van der Waals surface area (Å²) in [5.74, 6) is 0.979. The second-order valence-corrected chi connectivity index (χ2v) is 7.14. The number of nitrogens with zero attached hydrogens (tertiary/aromatic N) is 3. The second kappa shape index (κ2) is 6.54. The normalized spacial score (nSPS) is 11.2. The molecular formula is C25H20N3+.